The molecule has 0 atom stereocenters. The highest BCUT2D eigenvalue weighted by Gasteiger charge is 2.59. The average Bonchev–Trinajstić information content (AvgIpc) is 2.91. The van der Waals surface area contributed by atoms with Crippen molar-refractivity contribution in [1.29, 1.82) is 0 Å². The number of aliphatic hydroxyl groups is 1. The Morgan fingerprint density at radius 1 is 1.22 bits per heavy atom. The molecule has 0 aliphatic heterocycles. The first kappa shape index (κ1) is 22.4. The molecular formula is C14H22N2O8P2S. The van der Waals surface area contributed by atoms with Crippen LogP contribution in [-0.2, 0) is 15.7 Å². The summed E-state index contributed by atoms with van der Waals surface area (Å²) in [6, 6.07) is 4.73. The molecule has 0 fully saturated rings. The van der Waals surface area contributed by atoms with Gasteiger partial charge in [-0.1, -0.05) is 13.8 Å². The Bertz CT molecular complexity index is 868. The number of benzene rings is 1. The second-order valence-electron chi connectivity index (χ2n) is 6.41. The predicted octanol–water partition coefficient (Wildman–Crippen LogP) is 1.76. The van der Waals surface area contributed by atoms with Crippen LogP contribution in [0.25, 0.3) is 11.0 Å². The first-order valence-electron chi connectivity index (χ1n) is 7.84. The molecule has 0 radical (unpaired) electrons. The Labute approximate surface area is 159 Å². The number of ether oxygens (including phenoxy) is 1. The first-order valence-corrected chi connectivity index (χ1v) is 12.2. The van der Waals surface area contributed by atoms with Crippen LogP contribution >= 0.6 is 27.0 Å². The zero-order valence-electron chi connectivity index (χ0n) is 14.7. The second kappa shape index (κ2) is 8.23. The summed E-state index contributed by atoms with van der Waals surface area (Å²) in [5, 5.41) is 6.51. The molecule has 0 saturated heterocycles. The summed E-state index contributed by atoms with van der Waals surface area (Å²) in [4.78, 5) is 41.1. The molecule has 10 nitrogen and oxygen atoms in total. The van der Waals surface area contributed by atoms with E-state index in [-0.39, 0.29) is 0 Å². The molecule has 5 N–H and O–H groups in total. The Hall–Kier alpha value is -0.900. The lowest BCUT2D eigenvalue weighted by Gasteiger charge is -2.29. The molecule has 152 valence electrons. The smallest absolute Gasteiger partial charge is 0.371 e. The van der Waals surface area contributed by atoms with Gasteiger partial charge in [0.15, 0.2) is 0 Å². The van der Waals surface area contributed by atoms with E-state index >= 15 is 0 Å². The molecule has 0 amide bonds. The van der Waals surface area contributed by atoms with Crippen LogP contribution in [0.4, 0.5) is 0 Å². The molecule has 2 rings (SSSR count). The van der Waals surface area contributed by atoms with Crippen molar-refractivity contribution in [2.75, 3.05) is 11.7 Å². The lowest BCUT2D eigenvalue weighted by Crippen LogP contribution is -2.33. The van der Waals surface area contributed by atoms with Gasteiger partial charge in [-0.15, -0.1) is 11.8 Å². The molecule has 1 aromatic carbocycles. The molecule has 0 saturated carbocycles. The average molecular weight is 440 g/mol. The first-order chi connectivity index (χ1) is 12.3. The van der Waals surface area contributed by atoms with E-state index in [1.165, 1.54) is 6.07 Å². The zero-order valence-corrected chi connectivity index (χ0v) is 17.3. The standard InChI is InChI=1S/C14H22N2O8P2S/c1-10(2)6-27-9-24-11-3-4-13-12(5-11)15-8-16(13)7-14(17,25(18,19)20)26(21,22)23/h3-5,8,10,17H,6-7,9H2,1-2H3,(H2,18,19,20)(H2,21,22,23). The van der Waals surface area contributed by atoms with Gasteiger partial charge in [-0.05, 0) is 23.8 Å². The van der Waals surface area contributed by atoms with E-state index in [4.69, 9.17) is 4.74 Å². The number of imidazole rings is 1. The number of thioether (sulfide) groups is 1. The third-order valence-corrected chi connectivity index (χ3v) is 8.57. The Balaban J connectivity index is 2.23. The normalized spacial score (nSPS) is 13.5. The van der Waals surface area contributed by atoms with Crippen molar-refractivity contribution < 1.29 is 38.5 Å². The highest BCUT2D eigenvalue weighted by Crippen LogP contribution is 2.68. The molecule has 2 aromatic rings. The number of fused-ring (bicyclic) bond motifs is 1. The zero-order chi connectivity index (χ0) is 20.5. The molecule has 0 bridgehead atoms. The summed E-state index contributed by atoms with van der Waals surface area (Å²) in [6.07, 6.45) is 1.14. The van der Waals surface area contributed by atoms with Gasteiger partial charge in [0.2, 0.25) is 0 Å². The largest absolute Gasteiger partial charge is 0.483 e. The maximum absolute atomic E-state index is 11.5. The highest BCUT2D eigenvalue weighted by molar-refractivity contribution is 7.99. The molecule has 0 aliphatic rings. The number of aromatic nitrogens is 2. The summed E-state index contributed by atoms with van der Waals surface area (Å²) < 4.78 is 29.7. The van der Waals surface area contributed by atoms with Crippen molar-refractivity contribution >= 4 is 38.0 Å². The summed E-state index contributed by atoms with van der Waals surface area (Å²) in [7, 11) is -11.1. The number of hydrogen-bond acceptors (Lipinski definition) is 6. The number of hydrogen-bond donors (Lipinski definition) is 5. The third-order valence-electron chi connectivity index (χ3n) is 3.67. The van der Waals surface area contributed by atoms with Gasteiger partial charge in [0.1, 0.15) is 11.7 Å². The molecule has 13 heteroatoms. The van der Waals surface area contributed by atoms with Crippen LogP contribution in [0.3, 0.4) is 0 Å². The molecule has 0 spiro atoms. The van der Waals surface area contributed by atoms with Gasteiger partial charge in [0.25, 0.3) is 5.08 Å². The monoisotopic (exact) mass is 440 g/mol. The van der Waals surface area contributed by atoms with Crippen molar-refractivity contribution in [3.63, 3.8) is 0 Å². The lowest BCUT2D eigenvalue weighted by molar-refractivity contribution is 0.116. The van der Waals surface area contributed by atoms with Crippen LogP contribution in [-0.4, -0.2) is 51.0 Å². The van der Waals surface area contributed by atoms with E-state index in [2.05, 4.69) is 18.8 Å². The molecule has 0 aliphatic carbocycles. The minimum absolute atomic E-state index is 0.331. The van der Waals surface area contributed by atoms with E-state index < -0.39 is 26.8 Å². The van der Waals surface area contributed by atoms with E-state index in [0.717, 1.165) is 16.6 Å². The predicted molar refractivity (Wildman–Crippen MR) is 102 cm³/mol. The summed E-state index contributed by atoms with van der Waals surface area (Å²) in [5.74, 6) is 2.46. The maximum atomic E-state index is 11.5. The van der Waals surface area contributed by atoms with E-state index in [1.807, 2.05) is 0 Å². The van der Waals surface area contributed by atoms with Gasteiger partial charge in [0.05, 0.1) is 23.9 Å². The topological polar surface area (TPSA) is 162 Å². The molecule has 1 aromatic heterocycles. The van der Waals surface area contributed by atoms with Gasteiger partial charge < -0.3 is 34.0 Å². The molecular weight excluding hydrogens is 418 g/mol. The minimum Gasteiger partial charge on any atom is -0.483 e. The van der Waals surface area contributed by atoms with Crippen LogP contribution in [0.15, 0.2) is 24.5 Å². The highest BCUT2D eigenvalue weighted by atomic mass is 32.2. The number of rotatable bonds is 9. The van der Waals surface area contributed by atoms with E-state index in [0.29, 0.717) is 28.6 Å². The number of nitrogens with zero attached hydrogens (tertiary/aromatic N) is 2. The van der Waals surface area contributed by atoms with Crippen LogP contribution in [0.5, 0.6) is 5.75 Å². The summed E-state index contributed by atoms with van der Waals surface area (Å²) in [6.45, 7) is 3.17. The maximum Gasteiger partial charge on any atom is 0.371 e. The Morgan fingerprint density at radius 2 is 1.85 bits per heavy atom. The van der Waals surface area contributed by atoms with Crippen molar-refractivity contribution in [2.24, 2.45) is 5.92 Å². The quantitative estimate of drug-likeness (QED) is 0.221. The SMILES string of the molecule is CC(C)CSCOc1ccc2c(c1)ncn2CC(O)(P(=O)(O)O)P(=O)(O)O. The van der Waals surface area contributed by atoms with Crippen molar-refractivity contribution in [2.45, 2.75) is 25.5 Å². The van der Waals surface area contributed by atoms with Crippen LogP contribution in [0, 0.1) is 5.92 Å². The van der Waals surface area contributed by atoms with E-state index in [1.54, 1.807) is 23.9 Å². The van der Waals surface area contributed by atoms with Crippen LogP contribution < -0.4 is 4.74 Å². The Kier molecular flexibility index (Phi) is 6.82. The van der Waals surface area contributed by atoms with Crippen molar-refractivity contribution in [3.8, 4) is 5.75 Å². The summed E-state index contributed by atoms with van der Waals surface area (Å²) in [5.41, 5.74) is 0.720. The second-order valence-corrected chi connectivity index (χ2v) is 11.4. The van der Waals surface area contributed by atoms with Crippen molar-refractivity contribution in [1.82, 2.24) is 9.55 Å². The van der Waals surface area contributed by atoms with Gasteiger partial charge in [-0.25, -0.2) is 4.98 Å². The molecule has 0 unspecified atom stereocenters. The molecule has 1 heterocycles. The van der Waals surface area contributed by atoms with Crippen molar-refractivity contribution in [3.05, 3.63) is 24.5 Å². The summed E-state index contributed by atoms with van der Waals surface area (Å²) >= 11 is 1.63. The Morgan fingerprint density at radius 3 is 2.41 bits per heavy atom. The fourth-order valence-electron chi connectivity index (χ4n) is 2.24. The third kappa shape index (κ3) is 5.13. The minimum atomic E-state index is -5.55. The van der Waals surface area contributed by atoms with Gasteiger partial charge in [-0.2, -0.15) is 0 Å². The fourth-order valence-corrected chi connectivity index (χ4v) is 5.05. The van der Waals surface area contributed by atoms with Gasteiger partial charge >= 0.3 is 15.2 Å². The lowest BCUT2D eigenvalue weighted by atomic mass is 10.3. The van der Waals surface area contributed by atoms with Crippen LogP contribution in [0.2, 0.25) is 0 Å². The fraction of sp³-hybridized carbons (Fsp3) is 0.500. The van der Waals surface area contributed by atoms with Gasteiger partial charge in [0, 0.05) is 6.07 Å². The van der Waals surface area contributed by atoms with Crippen LogP contribution in [0.1, 0.15) is 13.8 Å². The van der Waals surface area contributed by atoms with Gasteiger partial charge in [-0.3, -0.25) is 9.13 Å². The van der Waals surface area contributed by atoms with E-state index in [9.17, 15) is 33.8 Å². The molecule has 27 heavy (non-hydrogen) atoms.